The van der Waals surface area contributed by atoms with Gasteiger partial charge in [0.2, 0.25) is 0 Å². The number of halogens is 1. The molecule has 2 rings (SSSR count). The Balaban J connectivity index is 2.14. The lowest BCUT2D eigenvalue weighted by Crippen LogP contribution is -2.45. The van der Waals surface area contributed by atoms with Crippen LogP contribution in [0.15, 0.2) is 24.3 Å². The summed E-state index contributed by atoms with van der Waals surface area (Å²) in [6, 6.07) is 8.36. The molecule has 1 aliphatic rings. The molecule has 3 unspecified atom stereocenters. The van der Waals surface area contributed by atoms with Crippen LogP contribution in [0.4, 0.5) is 0 Å². The number of aliphatic hydroxyl groups is 1. The van der Waals surface area contributed by atoms with E-state index in [1.54, 1.807) is 0 Å². The van der Waals surface area contributed by atoms with E-state index in [0.29, 0.717) is 5.92 Å². The van der Waals surface area contributed by atoms with Crippen LogP contribution in [0.5, 0.6) is 0 Å². The molecule has 0 radical (unpaired) electrons. The first kappa shape index (κ1) is 16.8. The Bertz CT molecular complexity index is 444. The van der Waals surface area contributed by atoms with Crippen LogP contribution in [0.2, 0.25) is 5.02 Å². The fourth-order valence-electron chi connectivity index (χ4n) is 3.32. The summed E-state index contributed by atoms with van der Waals surface area (Å²) < 4.78 is 0. The van der Waals surface area contributed by atoms with Crippen molar-refractivity contribution in [2.75, 3.05) is 13.1 Å². The molecule has 3 atom stereocenters. The van der Waals surface area contributed by atoms with E-state index < -0.39 is 0 Å². The normalized spacial score (nSPS) is 22.0. The molecule has 1 aromatic carbocycles. The molecule has 21 heavy (non-hydrogen) atoms. The average molecular weight is 311 g/mol. The minimum atomic E-state index is -0.211. The fraction of sp³-hybridized carbons (Fsp3) is 0.647. The summed E-state index contributed by atoms with van der Waals surface area (Å²) in [4.78, 5) is 2.46. The number of aliphatic hydroxyl groups excluding tert-OH is 1. The minimum Gasteiger partial charge on any atom is -0.393 e. The standard InChI is InChI=1S/C17H27ClN2O/c1-3-16(19)17(14-5-4-6-15(18)11-14)20-9-7-13(8-10-20)12(2)21/h4-6,11-13,16-17,21H,3,7-10,19H2,1-2H3. The molecule has 0 aromatic heterocycles. The highest BCUT2D eigenvalue weighted by atomic mass is 35.5. The van der Waals surface area contributed by atoms with Crippen LogP contribution < -0.4 is 5.73 Å². The zero-order valence-electron chi connectivity index (χ0n) is 13.0. The van der Waals surface area contributed by atoms with Gasteiger partial charge < -0.3 is 10.8 Å². The fourth-order valence-corrected chi connectivity index (χ4v) is 3.52. The average Bonchev–Trinajstić information content (AvgIpc) is 2.48. The molecule has 1 fully saturated rings. The quantitative estimate of drug-likeness (QED) is 0.878. The second-order valence-corrected chi connectivity index (χ2v) is 6.62. The van der Waals surface area contributed by atoms with E-state index in [2.05, 4.69) is 17.9 Å². The molecule has 1 aromatic rings. The molecule has 0 amide bonds. The van der Waals surface area contributed by atoms with E-state index in [1.807, 2.05) is 25.1 Å². The molecular weight excluding hydrogens is 284 g/mol. The van der Waals surface area contributed by atoms with Crippen molar-refractivity contribution in [1.29, 1.82) is 0 Å². The third-order valence-electron chi connectivity index (χ3n) is 4.72. The van der Waals surface area contributed by atoms with Gasteiger partial charge in [0.1, 0.15) is 0 Å². The van der Waals surface area contributed by atoms with Gasteiger partial charge >= 0.3 is 0 Å². The van der Waals surface area contributed by atoms with Gasteiger partial charge in [-0.25, -0.2) is 0 Å². The zero-order valence-corrected chi connectivity index (χ0v) is 13.8. The number of benzene rings is 1. The highest BCUT2D eigenvalue weighted by molar-refractivity contribution is 6.30. The van der Waals surface area contributed by atoms with Crippen LogP contribution in [-0.4, -0.2) is 35.2 Å². The van der Waals surface area contributed by atoms with Crippen molar-refractivity contribution >= 4 is 11.6 Å². The summed E-state index contributed by atoms with van der Waals surface area (Å²) in [5.74, 6) is 0.416. The summed E-state index contributed by atoms with van der Waals surface area (Å²) in [5, 5.41) is 10.5. The number of nitrogens with zero attached hydrogens (tertiary/aromatic N) is 1. The molecule has 1 heterocycles. The lowest BCUT2D eigenvalue weighted by atomic mass is 9.88. The van der Waals surface area contributed by atoms with Crippen molar-refractivity contribution in [2.45, 2.75) is 51.3 Å². The van der Waals surface area contributed by atoms with Gasteiger partial charge in [-0.2, -0.15) is 0 Å². The van der Waals surface area contributed by atoms with Crippen LogP contribution in [0.3, 0.4) is 0 Å². The second-order valence-electron chi connectivity index (χ2n) is 6.19. The van der Waals surface area contributed by atoms with Gasteiger partial charge in [0.15, 0.2) is 0 Å². The minimum absolute atomic E-state index is 0.103. The first-order valence-electron chi connectivity index (χ1n) is 7.96. The maximum Gasteiger partial charge on any atom is 0.0541 e. The molecule has 3 N–H and O–H groups in total. The van der Waals surface area contributed by atoms with Gasteiger partial charge in [0.25, 0.3) is 0 Å². The third-order valence-corrected chi connectivity index (χ3v) is 4.95. The van der Waals surface area contributed by atoms with Crippen molar-refractivity contribution in [1.82, 2.24) is 4.90 Å². The zero-order chi connectivity index (χ0) is 15.4. The number of rotatable bonds is 5. The van der Waals surface area contributed by atoms with E-state index in [0.717, 1.165) is 37.4 Å². The number of nitrogens with two attached hydrogens (primary N) is 1. The number of piperidine rings is 1. The van der Waals surface area contributed by atoms with Crippen LogP contribution >= 0.6 is 11.6 Å². The SMILES string of the molecule is CCC(N)C(c1cccc(Cl)c1)N1CCC(C(C)O)CC1. The van der Waals surface area contributed by atoms with Crippen molar-refractivity contribution in [2.24, 2.45) is 11.7 Å². The highest BCUT2D eigenvalue weighted by Gasteiger charge is 2.30. The van der Waals surface area contributed by atoms with E-state index in [4.69, 9.17) is 17.3 Å². The van der Waals surface area contributed by atoms with Gasteiger partial charge in [0, 0.05) is 17.1 Å². The van der Waals surface area contributed by atoms with E-state index >= 15 is 0 Å². The summed E-state index contributed by atoms with van der Waals surface area (Å²) in [5.41, 5.74) is 7.59. The Morgan fingerprint density at radius 2 is 2.05 bits per heavy atom. The summed E-state index contributed by atoms with van der Waals surface area (Å²) >= 11 is 6.15. The monoisotopic (exact) mass is 310 g/mol. The first-order chi connectivity index (χ1) is 10.0. The van der Waals surface area contributed by atoms with Gasteiger partial charge in [0.05, 0.1) is 6.10 Å². The summed E-state index contributed by atoms with van der Waals surface area (Å²) in [6.45, 7) is 6.00. The molecule has 4 heteroatoms. The van der Waals surface area contributed by atoms with Gasteiger partial charge in [-0.1, -0.05) is 30.7 Å². The molecule has 1 saturated heterocycles. The second kappa shape index (κ2) is 7.59. The Kier molecular flexibility index (Phi) is 6.06. The molecule has 0 saturated carbocycles. The van der Waals surface area contributed by atoms with Gasteiger partial charge in [-0.15, -0.1) is 0 Å². The van der Waals surface area contributed by atoms with Crippen LogP contribution in [0.25, 0.3) is 0 Å². The van der Waals surface area contributed by atoms with E-state index in [-0.39, 0.29) is 18.2 Å². The first-order valence-corrected chi connectivity index (χ1v) is 8.34. The lowest BCUT2D eigenvalue weighted by molar-refractivity contribution is 0.0495. The van der Waals surface area contributed by atoms with Crippen LogP contribution in [0.1, 0.15) is 44.7 Å². The molecule has 0 spiro atoms. The number of hydrogen-bond acceptors (Lipinski definition) is 3. The predicted octanol–water partition coefficient (Wildman–Crippen LogP) is 3.21. The van der Waals surface area contributed by atoms with Crippen molar-refractivity contribution < 1.29 is 5.11 Å². The van der Waals surface area contributed by atoms with E-state index in [9.17, 15) is 5.11 Å². The highest BCUT2D eigenvalue weighted by Crippen LogP contribution is 2.31. The Morgan fingerprint density at radius 3 is 2.57 bits per heavy atom. The van der Waals surface area contributed by atoms with E-state index in [1.165, 1.54) is 5.56 Å². The molecule has 1 aliphatic heterocycles. The lowest BCUT2D eigenvalue weighted by Gasteiger charge is -2.41. The maximum absolute atomic E-state index is 9.75. The molecule has 0 bridgehead atoms. The topological polar surface area (TPSA) is 49.5 Å². The largest absolute Gasteiger partial charge is 0.393 e. The molecule has 3 nitrogen and oxygen atoms in total. The Morgan fingerprint density at radius 1 is 1.38 bits per heavy atom. The molecule has 118 valence electrons. The van der Waals surface area contributed by atoms with Gasteiger partial charge in [-0.05, 0) is 62.9 Å². The number of hydrogen-bond donors (Lipinski definition) is 2. The van der Waals surface area contributed by atoms with Crippen LogP contribution in [0, 0.1) is 5.92 Å². The Labute approximate surface area is 133 Å². The summed E-state index contributed by atoms with van der Waals surface area (Å²) in [6.07, 6.45) is 2.79. The van der Waals surface area contributed by atoms with Crippen molar-refractivity contribution in [3.05, 3.63) is 34.9 Å². The van der Waals surface area contributed by atoms with Crippen molar-refractivity contribution in [3.63, 3.8) is 0 Å². The van der Waals surface area contributed by atoms with Crippen LogP contribution in [-0.2, 0) is 0 Å². The Hall–Kier alpha value is -0.610. The molecular formula is C17H27ClN2O. The third kappa shape index (κ3) is 4.19. The maximum atomic E-state index is 9.75. The molecule has 0 aliphatic carbocycles. The van der Waals surface area contributed by atoms with Crippen molar-refractivity contribution in [3.8, 4) is 0 Å². The smallest absolute Gasteiger partial charge is 0.0541 e. The predicted molar refractivity (Wildman–Crippen MR) is 88.4 cm³/mol. The number of likely N-dealkylation sites (tertiary alicyclic amines) is 1. The van der Waals surface area contributed by atoms with Gasteiger partial charge in [-0.3, -0.25) is 4.90 Å². The summed E-state index contributed by atoms with van der Waals surface area (Å²) in [7, 11) is 0.